The third-order valence-electron chi connectivity index (χ3n) is 15.6. The molecule has 0 aromatic heterocycles. The molecule has 0 aliphatic carbocycles. The second-order valence-corrected chi connectivity index (χ2v) is 26.3. The fourth-order valence-corrected chi connectivity index (χ4v) is 9.91. The van der Waals surface area contributed by atoms with Crippen molar-refractivity contribution in [1.29, 1.82) is 0 Å². The summed E-state index contributed by atoms with van der Waals surface area (Å²) in [4.78, 5) is 246. The lowest BCUT2D eigenvalue weighted by molar-refractivity contribution is -0.143. The molecule has 0 spiro atoms. The minimum atomic E-state index is -1.74. The topological polar surface area (TPSA) is 698 Å². The quantitative estimate of drug-likeness (QED) is 0.0252. The largest absolute Gasteiger partial charge is 0.481 e. The maximum Gasteiger partial charge on any atom is 0.326 e. The van der Waals surface area contributed by atoms with Gasteiger partial charge in [0, 0.05) is 25.7 Å². The molecule has 0 bridgehead atoms. The molecule has 0 saturated heterocycles. The predicted molar refractivity (Wildman–Crippen MR) is 376 cm³/mol. The molecule has 0 fully saturated rings. The molecule has 0 saturated carbocycles. The number of aliphatic carboxylic acids is 4. The molecule has 14 atom stereocenters. The number of amides is 15. The van der Waals surface area contributed by atoms with Gasteiger partial charge in [0.1, 0.15) is 84.6 Å². The van der Waals surface area contributed by atoms with Gasteiger partial charge >= 0.3 is 23.9 Å². The first kappa shape index (κ1) is 96.1. The van der Waals surface area contributed by atoms with E-state index in [0.29, 0.717) is 25.0 Å². The fraction of sp³-hybridized carbons (Fsp3) is 0.698. The summed E-state index contributed by atoms with van der Waals surface area (Å²) in [5.41, 5.74) is 22.2. The van der Waals surface area contributed by atoms with Gasteiger partial charge in [-0.05, 0) is 143 Å². The first-order chi connectivity index (χ1) is 49.6. The molecular weight excluding hydrogens is 1420 g/mol. The molecule has 0 aliphatic rings. The highest BCUT2D eigenvalue weighted by molar-refractivity contribution is 7.98. The van der Waals surface area contributed by atoms with E-state index in [0.717, 1.165) is 6.92 Å². The van der Waals surface area contributed by atoms with Gasteiger partial charge in [-0.3, -0.25) is 86.3 Å². The molecule has 0 radical (unpaired) electrons. The van der Waals surface area contributed by atoms with Gasteiger partial charge in [-0.15, -0.1) is 0 Å². The van der Waals surface area contributed by atoms with E-state index in [-0.39, 0.29) is 57.5 Å². The number of unbranched alkanes of at least 4 members (excludes halogenated alkanes) is 2. The molecule has 0 aromatic rings. The van der Waals surface area contributed by atoms with E-state index in [1.807, 2.05) is 0 Å². The van der Waals surface area contributed by atoms with Crippen LogP contribution in [0.3, 0.4) is 0 Å². The van der Waals surface area contributed by atoms with Gasteiger partial charge in [-0.1, -0.05) is 13.8 Å². The van der Waals surface area contributed by atoms with Crippen LogP contribution >= 0.6 is 11.8 Å². The maximum atomic E-state index is 14.0. The molecular formula is C63H108N18O24S. The lowest BCUT2D eigenvalue weighted by Gasteiger charge is -2.27. The van der Waals surface area contributed by atoms with Crippen molar-refractivity contribution < 1.29 is 117 Å². The van der Waals surface area contributed by atoms with E-state index < -0.39 is 255 Å². The number of aliphatic hydroxyl groups excluding tert-OH is 1. The summed E-state index contributed by atoms with van der Waals surface area (Å²) in [5.74, 6) is -20.4. The van der Waals surface area contributed by atoms with Crippen molar-refractivity contribution in [2.75, 3.05) is 38.2 Å². The van der Waals surface area contributed by atoms with Crippen LogP contribution in [0.2, 0.25) is 0 Å². The van der Waals surface area contributed by atoms with Crippen molar-refractivity contribution in [2.45, 2.75) is 236 Å². The number of carboxylic acids is 4. The first-order valence-corrected chi connectivity index (χ1v) is 35.7. The van der Waals surface area contributed by atoms with Gasteiger partial charge in [0.05, 0.1) is 13.2 Å². The number of rotatable bonds is 55. The molecule has 106 heavy (non-hydrogen) atoms. The molecule has 600 valence electrons. The summed E-state index contributed by atoms with van der Waals surface area (Å²) in [6, 6.07) is -20.8. The van der Waals surface area contributed by atoms with Crippen LogP contribution in [0.15, 0.2) is 0 Å². The van der Waals surface area contributed by atoms with Crippen LogP contribution in [0.25, 0.3) is 0 Å². The SMILES string of the molecule is CSCC[C@H](NC(=O)[C@@H](N)CO)C(=O)N[C@@H](CCC(N)=O)C(=O)N[C@@H](C)C(=O)N[C@@H](C)C(=O)N[C@@H](CC(C)C)C(=O)N[C@@H](CCC(=O)O)C(=O)N[C@@H](C)C(=O)N[C@@H](CCC(=O)O)C(=O)N[C@@H](C)C(=O)N[C@@H](CCCCN)C(=O)NCC(=O)N[C@@H](CCCCN)C(=O)N[C@@H](C)C(=O)N[C@@H](CCC(=O)O)C(=O)O. The second-order valence-electron chi connectivity index (χ2n) is 25.3. The average Bonchev–Trinajstić information content (AvgIpc) is 0.867. The van der Waals surface area contributed by atoms with E-state index in [9.17, 15) is 112 Å². The van der Waals surface area contributed by atoms with Gasteiger partial charge in [-0.25, -0.2) is 4.79 Å². The van der Waals surface area contributed by atoms with Gasteiger partial charge in [0.15, 0.2) is 0 Å². The highest BCUT2D eigenvalue weighted by Gasteiger charge is 2.36. The molecule has 0 rings (SSSR count). The summed E-state index contributed by atoms with van der Waals surface area (Å²) >= 11 is 1.33. The number of aliphatic hydroxyl groups is 1. The van der Waals surface area contributed by atoms with E-state index in [4.69, 9.17) is 28.0 Å². The van der Waals surface area contributed by atoms with Gasteiger partial charge in [-0.2, -0.15) is 11.8 Å². The van der Waals surface area contributed by atoms with E-state index in [1.165, 1.54) is 39.5 Å². The Bertz CT molecular complexity index is 3040. The number of carboxylic acid groups (broad SMARTS) is 4. The highest BCUT2D eigenvalue weighted by Crippen LogP contribution is 2.12. The third kappa shape index (κ3) is 39.8. The van der Waals surface area contributed by atoms with Crippen molar-refractivity contribution in [3.05, 3.63) is 0 Å². The predicted octanol–water partition coefficient (Wildman–Crippen LogP) is -8.17. The average molecular weight is 1530 g/mol. The van der Waals surface area contributed by atoms with Crippen molar-refractivity contribution >= 4 is 124 Å². The number of carbonyl (C=O) groups is 19. The standard InChI is InChI=1S/C63H108N18O24S/c1-30(2)27-44(81-54(95)32(4)69-50(91)31(3)70-58(99)39(15-19-45(67)83)78-61(102)42(23-26-106-8)77-55(96)36(66)29-82)62(103)79-41(17-21-48(87)88)60(101)73-34(6)52(93)76-40(16-20-47(85)86)59(100)72-33(5)51(92)75-37(13-9-11-24-64)56(97)68-28-46(84)74-38(14-10-12-25-65)57(98)71-35(7)53(94)80-43(63(104)105)18-22-49(89)90/h30-44,82H,9-29,64-66H2,1-8H3,(H2,67,83)(H,68,97)(H,69,91)(H,70,99)(H,71,98)(H,72,100)(H,73,101)(H,74,84)(H,75,92)(H,76,93)(H,77,96)(H,78,102)(H,79,103)(H,80,94)(H,81,95)(H,85,86)(H,87,88)(H,89,90)(H,104,105)/t31-,32-,33-,34-,35-,36-,37-,38-,39-,40-,41-,42-,43-,44-/m0/s1. The summed E-state index contributed by atoms with van der Waals surface area (Å²) in [5, 5.41) is 79.9. The van der Waals surface area contributed by atoms with Crippen LogP contribution < -0.4 is 97.4 Å². The molecule has 42 nitrogen and oxygen atoms in total. The molecule has 0 heterocycles. The number of nitrogens with one attached hydrogen (secondary N) is 14. The zero-order chi connectivity index (χ0) is 81.1. The second kappa shape index (κ2) is 51.3. The number of carbonyl (C=O) groups excluding carboxylic acids is 15. The van der Waals surface area contributed by atoms with Crippen LogP contribution in [0, 0.1) is 5.92 Å². The summed E-state index contributed by atoms with van der Waals surface area (Å²) in [6.07, 6.45) is -1.62. The van der Waals surface area contributed by atoms with E-state index >= 15 is 0 Å². The van der Waals surface area contributed by atoms with Crippen LogP contribution in [0.5, 0.6) is 0 Å². The number of hydrogen-bond donors (Lipinski definition) is 23. The Balaban J connectivity index is 6.33. The van der Waals surface area contributed by atoms with Crippen LogP contribution in [-0.4, -0.2) is 261 Å². The number of thioether (sulfide) groups is 1. The minimum Gasteiger partial charge on any atom is -0.481 e. The lowest BCUT2D eigenvalue weighted by Crippen LogP contribution is -2.60. The molecule has 0 unspecified atom stereocenters. The van der Waals surface area contributed by atoms with Crippen molar-refractivity contribution in [2.24, 2.45) is 28.9 Å². The lowest BCUT2D eigenvalue weighted by atomic mass is 10.0. The number of primary amides is 1. The number of nitrogens with two attached hydrogens (primary N) is 4. The van der Waals surface area contributed by atoms with Gasteiger partial charge in [0.25, 0.3) is 0 Å². The Kier molecular flexibility index (Phi) is 46.5. The maximum absolute atomic E-state index is 14.0. The Morgan fingerprint density at radius 3 is 0.991 bits per heavy atom. The third-order valence-corrected chi connectivity index (χ3v) is 16.3. The minimum absolute atomic E-state index is 0.0173. The fourth-order valence-electron chi connectivity index (χ4n) is 9.44. The molecule has 0 aliphatic heterocycles. The molecule has 43 heteroatoms. The number of hydrogen-bond acceptors (Lipinski definition) is 24. The normalized spacial score (nSPS) is 15.0. The Morgan fingerprint density at radius 1 is 0.349 bits per heavy atom. The van der Waals surface area contributed by atoms with Crippen LogP contribution in [-0.2, 0) is 91.1 Å². The molecule has 0 aromatic carbocycles. The Hall–Kier alpha value is -9.88. The van der Waals surface area contributed by atoms with Crippen molar-refractivity contribution in [1.82, 2.24) is 74.4 Å². The van der Waals surface area contributed by atoms with E-state index in [2.05, 4.69) is 74.4 Å². The van der Waals surface area contributed by atoms with Crippen molar-refractivity contribution in [3.63, 3.8) is 0 Å². The van der Waals surface area contributed by atoms with Crippen molar-refractivity contribution in [3.8, 4) is 0 Å². The zero-order valence-electron chi connectivity index (χ0n) is 60.7. The highest BCUT2D eigenvalue weighted by atomic mass is 32.2. The Morgan fingerprint density at radius 2 is 0.642 bits per heavy atom. The summed E-state index contributed by atoms with van der Waals surface area (Å²) in [6.45, 7) is 8.10. The molecule has 27 N–H and O–H groups in total. The molecule has 15 amide bonds. The van der Waals surface area contributed by atoms with Gasteiger partial charge in [0.2, 0.25) is 88.6 Å². The Labute approximate surface area is 616 Å². The van der Waals surface area contributed by atoms with Crippen LogP contribution in [0.4, 0.5) is 0 Å². The smallest absolute Gasteiger partial charge is 0.326 e. The van der Waals surface area contributed by atoms with Gasteiger partial charge < -0.3 is 123 Å². The first-order valence-electron chi connectivity index (χ1n) is 34.3. The summed E-state index contributed by atoms with van der Waals surface area (Å²) < 4.78 is 0. The summed E-state index contributed by atoms with van der Waals surface area (Å²) in [7, 11) is 0. The van der Waals surface area contributed by atoms with E-state index in [1.54, 1.807) is 20.1 Å². The zero-order valence-corrected chi connectivity index (χ0v) is 61.5. The monoisotopic (exact) mass is 1530 g/mol. The van der Waals surface area contributed by atoms with Crippen LogP contribution in [0.1, 0.15) is 151 Å².